The van der Waals surface area contributed by atoms with Crippen molar-refractivity contribution >= 4 is 11.6 Å². The largest absolute Gasteiger partial charge is 0.484 e. The van der Waals surface area contributed by atoms with Crippen LogP contribution in [0.5, 0.6) is 5.75 Å². The molecule has 3 rings (SSSR count). The molecule has 126 valence electrons. The van der Waals surface area contributed by atoms with Gasteiger partial charge >= 0.3 is 0 Å². The number of amides is 1. The minimum absolute atomic E-state index is 0.0324. The van der Waals surface area contributed by atoms with Gasteiger partial charge in [-0.2, -0.15) is 0 Å². The average Bonchev–Trinajstić information content (AvgIpc) is 3.02. The predicted molar refractivity (Wildman–Crippen MR) is 97.9 cm³/mol. The third-order valence-corrected chi connectivity index (χ3v) is 4.63. The molecule has 3 heteroatoms. The molecule has 0 saturated heterocycles. The summed E-state index contributed by atoms with van der Waals surface area (Å²) in [7, 11) is 0. The van der Waals surface area contributed by atoms with Crippen LogP contribution in [0, 0.1) is 6.92 Å². The fraction of sp³-hybridized carbons (Fsp3) is 0.381. The first-order valence-corrected chi connectivity index (χ1v) is 8.68. The number of anilines is 1. The van der Waals surface area contributed by atoms with Gasteiger partial charge in [0.1, 0.15) is 5.75 Å². The fourth-order valence-corrected chi connectivity index (χ4v) is 3.30. The van der Waals surface area contributed by atoms with E-state index in [9.17, 15) is 4.79 Å². The van der Waals surface area contributed by atoms with Crippen molar-refractivity contribution in [3.63, 3.8) is 0 Å². The van der Waals surface area contributed by atoms with Gasteiger partial charge in [0.15, 0.2) is 6.61 Å². The summed E-state index contributed by atoms with van der Waals surface area (Å²) in [5.74, 6) is 1.02. The summed E-state index contributed by atoms with van der Waals surface area (Å²) >= 11 is 0. The standard InChI is InChI=1S/C21H25NO2/c1-14(2)19-9-4-6-15(3)21(19)22-20(23)13-24-18-11-10-16-7-5-8-17(16)12-18/h4,6,9-12,14H,5,7-8,13H2,1-3H3,(H,22,23). The van der Waals surface area contributed by atoms with E-state index in [0.717, 1.165) is 35.4 Å². The van der Waals surface area contributed by atoms with Crippen molar-refractivity contribution in [1.82, 2.24) is 0 Å². The van der Waals surface area contributed by atoms with E-state index >= 15 is 0 Å². The van der Waals surface area contributed by atoms with Crippen molar-refractivity contribution < 1.29 is 9.53 Å². The van der Waals surface area contributed by atoms with Gasteiger partial charge in [0.2, 0.25) is 0 Å². The summed E-state index contributed by atoms with van der Waals surface area (Å²) in [6.45, 7) is 6.31. The molecule has 0 radical (unpaired) electrons. The maximum Gasteiger partial charge on any atom is 0.262 e. The van der Waals surface area contributed by atoms with Crippen LogP contribution in [0.3, 0.4) is 0 Å². The summed E-state index contributed by atoms with van der Waals surface area (Å²) in [4.78, 5) is 12.3. The van der Waals surface area contributed by atoms with Crippen LogP contribution in [0.15, 0.2) is 36.4 Å². The van der Waals surface area contributed by atoms with Gasteiger partial charge in [-0.15, -0.1) is 0 Å². The third kappa shape index (κ3) is 3.61. The van der Waals surface area contributed by atoms with Crippen LogP contribution in [0.2, 0.25) is 0 Å². The molecule has 2 aromatic carbocycles. The number of aryl methyl sites for hydroxylation is 3. The summed E-state index contributed by atoms with van der Waals surface area (Å²) in [6, 6.07) is 12.3. The Bertz CT molecular complexity index is 749. The molecule has 2 aromatic rings. The Hall–Kier alpha value is -2.29. The average molecular weight is 323 g/mol. The number of hydrogen-bond acceptors (Lipinski definition) is 2. The predicted octanol–water partition coefficient (Wildman–Crippen LogP) is 4.62. The monoisotopic (exact) mass is 323 g/mol. The van der Waals surface area contributed by atoms with E-state index in [-0.39, 0.29) is 12.5 Å². The lowest BCUT2D eigenvalue weighted by atomic mass is 9.98. The second kappa shape index (κ2) is 7.08. The molecule has 0 aromatic heterocycles. The van der Waals surface area contributed by atoms with Gasteiger partial charge in [0.25, 0.3) is 5.91 Å². The van der Waals surface area contributed by atoms with E-state index in [1.165, 1.54) is 17.5 Å². The quantitative estimate of drug-likeness (QED) is 0.871. The molecular formula is C21H25NO2. The maximum atomic E-state index is 12.3. The highest BCUT2D eigenvalue weighted by molar-refractivity contribution is 5.93. The first-order chi connectivity index (χ1) is 11.5. The van der Waals surface area contributed by atoms with E-state index in [2.05, 4.69) is 37.4 Å². The Morgan fingerprint density at radius 1 is 1.17 bits per heavy atom. The molecule has 1 aliphatic rings. The van der Waals surface area contributed by atoms with Gasteiger partial charge in [-0.1, -0.05) is 38.1 Å². The summed E-state index contributed by atoms with van der Waals surface area (Å²) in [5, 5.41) is 3.02. The van der Waals surface area contributed by atoms with Crippen molar-refractivity contribution in [2.75, 3.05) is 11.9 Å². The molecule has 0 saturated carbocycles. The van der Waals surface area contributed by atoms with Gasteiger partial charge in [0, 0.05) is 5.69 Å². The second-order valence-electron chi connectivity index (χ2n) is 6.81. The van der Waals surface area contributed by atoms with Gasteiger partial charge < -0.3 is 10.1 Å². The summed E-state index contributed by atoms with van der Waals surface area (Å²) in [5.41, 5.74) is 5.91. The molecule has 3 nitrogen and oxygen atoms in total. The maximum absolute atomic E-state index is 12.3. The lowest BCUT2D eigenvalue weighted by Crippen LogP contribution is -2.21. The Kier molecular flexibility index (Phi) is 4.89. The minimum Gasteiger partial charge on any atom is -0.484 e. The smallest absolute Gasteiger partial charge is 0.262 e. The lowest BCUT2D eigenvalue weighted by Gasteiger charge is -2.16. The van der Waals surface area contributed by atoms with E-state index in [0.29, 0.717) is 5.92 Å². The van der Waals surface area contributed by atoms with Crippen molar-refractivity contribution in [3.8, 4) is 5.75 Å². The Morgan fingerprint density at radius 3 is 2.75 bits per heavy atom. The number of carbonyl (C=O) groups excluding carboxylic acids is 1. The van der Waals surface area contributed by atoms with Crippen LogP contribution in [0.25, 0.3) is 0 Å². The summed E-state index contributed by atoms with van der Waals surface area (Å²) in [6.07, 6.45) is 3.48. The molecule has 0 heterocycles. The molecule has 0 unspecified atom stereocenters. The highest BCUT2D eigenvalue weighted by atomic mass is 16.5. The van der Waals surface area contributed by atoms with Gasteiger partial charge in [-0.05, 0) is 66.5 Å². The van der Waals surface area contributed by atoms with Crippen LogP contribution >= 0.6 is 0 Å². The highest BCUT2D eigenvalue weighted by Crippen LogP contribution is 2.28. The first-order valence-electron chi connectivity index (χ1n) is 8.68. The normalized spacial score (nSPS) is 13.0. The number of para-hydroxylation sites is 1. The van der Waals surface area contributed by atoms with Crippen LogP contribution in [0.4, 0.5) is 5.69 Å². The number of ether oxygens (including phenoxy) is 1. The van der Waals surface area contributed by atoms with Crippen LogP contribution in [-0.2, 0) is 17.6 Å². The zero-order valence-corrected chi connectivity index (χ0v) is 14.7. The number of rotatable bonds is 5. The fourth-order valence-electron chi connectivity index (χ4n) is 3.30. The van der Waals surface area contributed by atoms with Crippen LogP contribution < -0.4 is 10.1 Å². The van der Waals surface area contributed by atoms with E-state index in [1.54, 1.807) is 0 Å². The van der Waals surface area contributed by atoms with Crippen molar-refractivity contribution in [2.45, 2.75) is 46.0 Å². The van der Waals surface area contributed by atoms with E-state index in [1.807, 2.05) is 25.1 Å². The lowest BCUT2D eigenvalue weighted by molar-refractivity contribution is -0.118. The molecular weight excluding hydrogens is 298 g/mol. The third-order valence-electron chi connectivity index (χ3n) is 4.63. The number of carbonyl (C=O) groups is 1. The van der Waals surface area contributed by atoms with Crippen molar-refractivity contribution in [3.05, 3.63) is 58.7 Å². The van der Waals surface area contributed by atoms with Crippen molar-refractivity contribution in [1.29, 1.82) is 0 Å². The summed E-state index contributed by atoms with van der Waals surface area (Å²) < 4.78 is 5.69. The molecule has 0 aliphatic heterocycles. The molecule has 1 amide bonds. The van der Waals surface area contributed by atoms with Crippen molar-refractivity contribution in [2.24, 2.45) is 0 Å². The van der Waals surface area contributed by atoms with Gasteiger partial charge in [0.05, 0.1) is 0 Å². The first kappa shape index (κ1) is 16.6. The van der Waals surface area contributed by atoms with Crippen LogP contribution in [0.1, 0.15) is 48.4 Å². The second-order valence-corrected chi connectivity index (χ2v) is 6.81. The number of benzene rings is 2. The molecule has 1 aliphatic carbocycles. The zero-order valence-electron chi connectivity index (χ0n) is 14.7. The minimum atomic E-state index is -0.119. The van der Waals surface area contributed by atoms with Gasteiger partial charge in [-0.25, -0.2) is 0 Å². The van der Waals surface area contributed by atoms with E-state index < -0.39 is 0 Å². The molecule has 24 heavy (non-hydrogen) atoms. The molecule has 0 fully saturated rings. The number of fused-ring (bicyclic) bond motifs is 1. The molecule has 1 N–H and O–H groups in total. The SMILES string of the molecule is Cc1cccc(C(C)C)c1NC(=O)COc1ccc2c(c1)CCC2. The topological polar surface area (TPSA) is 38.3 Å². The van der Waals surface area contributed by atoms with Gasteiger partial charge in [-0.3, -0.25) is 4.79 Å². The number of nitrogens with one attached hydrogen (secondary N) is 1. The van der Waals surface area contributed by atoms with Crippen LogP contribution in [-0.4, -0.2) is 12.5 Å². The van der Waals surface area contributed by atoms with E-state index in [4.69, 9.17) is 4.74 Å². The Balaban J connectivity index is 1.64. The number of hydrogen-bond donors (Lipinski definition) is 1. The Morgan fingerprint density at radius 2 is 1.96 bits per heavy atom. The highest BCUT2D eigenvalue weighted by Gasteiger charge is 2.14. The zero-order chi connectivity index (χ0) is 17.1. The Labute approximate surface area is 144 Å². The molecule has 0 bridgehead atoms. The molecule has 0 spiro atoms. The molecule has 0 atom stereocenters.